The number of carbonyl (C=O) groups is 3. The topological polar surface area (TPSA) is 101 Å². The van der Waals surface area contributed by atoms with E-state index in [-0.39, 0.29) is 29.8 Å². The minimum absolute atomic E-state index is 0.0936. The number of aromatic nitrogens is 1. The van der Waals surface area contributed by atoms with Crippen molar-refractivity contribution in [3.05, 3.63) is 36.7 Å². The highest BCUT2D eigenvalue weighted by molar-refractivity contribution is 6.10. The first-order valence-corrected chi connectivity index (χ1v) is 13.7. The van der Waals surface area contributed by atoms with Gasteiger partial charge in [-0.2, -0.15) is 0 Å². The number of amides is 3. The fraction of sp³-hybridized carbons (Fsp3) is 0.643. The highest BCUT2D eigenvalue weighted by atomic mass is 16.5. The number of nitrogens with zero attached hydrogens (tertiary/aromatic N) is 2. The third-order valence-corrected chi connectivity index (χ3v) is 9.06. The van der Waals surface area contributed by atoms with E-state index >= 15 is 0 Å². The Bertz CT molecular complexity index is 1060. The number of nitrogens with one attached hydrogen (secondary N) is 2. The Morgan fingerprint density at radius 1 is 0.972 bits per heavy atom. The van der Waals surface area contributed by atoms with Gasteiger partial charge in [-0.1, -0.05) is 50.7 Å². The van der Waals surface area contributed by atoms with E-state index in [0.717, 1.165) is 51.4 Å². The van der Waals surface area contributed by atoms with Crippen molar-refractivity contribution in [3.63, 3.8) is 0 Å². The molecule has 8 heteroatoms. The lowest BCUT2D eigenvalue weighted by atomic mass is 9.70. The van der Waals surface area contributed by atoms with E-state index in [0.29, 0.717) is 5.69 Å². The van der Waals surface area contributed by atoms with Gasteiger partial charge in [-0.3, -0.25) is 24.3 Å². The molecule has 0 radical (unpaired) electrons. The van der Waals surface area contributed by atoms with Gasteiger partial charge >= 0.3 is 0 Å². The SMILES string of the molecule is C[C@@]12C=C[C@@]3(O1)[C@H](C(=O)N(c1cccnc1)[C@@H]3C(=O)NC1CCCCC1)[C@H]2C(=O)NC1CCCCC1. The summed E-state index contributed by atoms with van der Waals surface area (Å²) >= 11 is 0. The van der Waals surface area contributed by atoms with Crippen molar-refractivity contribution in [3.8, 4) is 0 Å². The zero-order chi connectivity index (χ0) is 24.9. The standard InChI is InChI=1S/C28H36N4O4/c1-27-14-15-28(36-27)22(21(27)24(33)30-18-9-4-2-5-10-18)26(35)32(20-13-8-16-29-17-20)23(28)25(34)31-19-11-6-3-7-12-19/h8,13-19,21-23H,2-7,9-12H2,1H3,(H,30,33)(H,31,34)/t21-,22-,23+,27-,28+/m0/s1. The zero-order valence-corrected chi connectivity index (χ0v) is 20.9. The summed E-state index contributed by atoms with van der Waals surface area (Å²) in [5.41, 5.74) is -1.56. The van der Waals surface area contributed by atoms with Crippen molar-refractivity contribution in [2.45, 2.75) is 100 Å². The van der Waals surface area contributed by atoms with Gasteiger partial charge in [0.1, 0.15) is 11.6 Å². The van der Waals surface area contributed by atoms with Crippen LogP contribution in [0.15, 0.2) is 36.7 Å². The molecule has 1 spiro atoms. The Hall–Kier alpha value is -2.74. The van der Waals surface area contributed by atoms with Gasteiger partial charge in [0.2, 0.25) is 17.7 Å². The van der Waals surface area contributed by atoms with E-state index in [1.54, 1.807) is 24.5 Å². The molecular weight excluding hydrogens is 456 g/mol. The maximum atomic E-state index is 14.2. The molecule has 1 aromatic heterocycles. The Kier molecular flexibility index (Phi) is 5.90. The van der Waals surface area contributed by atoms with E-state index in [1.165, 1.54) is 17.7 Å². The molecule has 2 saturated heterocycles. The van der Waals surface area contributed by atoms with Crippen LogP contribution in [0.3, 0.4) is 0 Å². The summed E-state index contributed by atoms with van der Waals surface area (Å²) in [5.74, 6) is -2.07. The lowest BCUT2D eigenvalue weighted by Crippen LogP contribution is -2.57. The van der Waals surface area contributed by atoms with E-state index in [2.05, 4.69) is 15.6 Å². The van der Waals surface area contributed by atoms with Crippen LogP contribution in [-0.2, 0) is 19.1 Å². The average molecular weight is 493 g/mol. The van der Waals surface area contributed by atoms with Crippen LogP contribution in [0.1, 0.15) is 71.1 Å². The molecule has 36 heavy (non-hydrogen) atoms. The van der Waals surface area contributed by atoms with Crippen LogP contribution in [-0.4, -0.2) is 52.0 Å². The first-order valence-electron chi connectivity index (χ1n) is 13.7. The van der Waals surface area contributed by atoms with Gasteiger partial charge in [-0.25, -0.2) is 0 Å². The monoisotopic (exact) mass is 492 g/mol. The normalized spacial score (nSPS) is 36.2. The van der Waals surface area contributed by atoms with Crippen molar-refractivity contribution < 1.29 is 19.1 Å². The highest BCUT2D eigenvalue weighted by Gasteiger charge is 2.76. The number of ether oxygens (including phenoxy) is 1. The molecule has 1 aromatic rings. The summed E-state index contributed by atoms with van der Waals surface area (Å²) in [7, 11) is 0. The second kappa shape index (κ2) is 8.98. The fourth-order valence-corrected chi connectivity index (χ4v) is 7.37. The minimum atomic E-state index is -1.19. The summed E-state index contributed by atoms with van der Waals surface area (Å²) in [5, 5.41) is 6.45. The molecule has 4 fully saturated rings. The van der Waals surface area contributed by atoms with Gasteiger partial charge < -0.3 is 15.4 Å². The molecule has 6 rings (SSSR count). The maximum Gasteiger partial charge on any atom is 0.246 e. The lowest BCUT2D eigenvalue weighted by Gasteiger charge is -2.34. The van der Waals surface area contributed by atoms with Crippen molar-refractivity contribution >= 4 is 23.4 Å². The molecule has 4 heterocycles. The number of hydrogen-bond donors (Lipinski definition) is 2. The first kappa shape index (κ1) is 23.6. The van der Waals surface area contributed by atoms with Crippen LogP contribution in [0, 0.1) is 11.8 Å². The van der Waals surface area contributed by atoms with Crippen LogP contribution in [0.25, 0.3) is 0 Å². The predicted molar refractivity (Wildman–Crippen MR) is 134 cm³/mol. The molecule has 8 nitrogen and oxygen atoms in total. The molecule has 0 aromatic carbocycles. The van der Waals surface area contributed by atoms with Crippen LogP contribution in [0.2, 0.25) is 0 Å². The highest BCUT2D eigenvalue weighted by Crippen LogP contribution is 2.60. The van der Waals surface area contributed by atoms with E-state index < -0.39 is 29.1 Å². The van der Waals surface area contributed by atoms with E-state index in [1.807, 2.05) is 19.1 Å². The van der Waals surface area contributed by atoms with E-state index in [4.69, 9.17) is 4.74 Å². The molecule has 3 aliphatic heterocycles. The molecular formula is C28H36N4O4. The Morgan fingerprint density at radius 2 is 1.61 bits per heavy atom. The second-order valence-corrected chi connectivity index (χ2v) is 11.4. The van der Waals surface area contributed by atoms with Gasteiger partial charge in [-0.05, 0) is 44.7 Å². The Morgan fingerprint density at radius 3 is 2.22 bits per heavy atom. The molecule has 2 aliphatic carbocycles. The zero-order valence-electron chi connectivity index (χ0n) is 20.9. The summed E-state index contributed by atoms with van der Waals surface area (Å²) in [6.45, 7) is 1.87. The van der Waals surface area contributed by atoms with Gasteiger partial charge in [0.25, 0.3) is 0 Å². The number of carbonyl (C=O) groups excluding carboxylic acids is 3. The van der Waals surface area contributed by atoms with Crippen molar-refractivity contribution in [2.24, 2.45) is 11.8 Å². The van der Waals surface area contributed by atoms with Crippen molar-refractivity contribution in [1.82, 2.24) is 15.6 Å². The molecule has 5 aliphatic rings. The number of fused-ring (bicyclic) bond motifs is 1. The number of pyridine rings is 1. The van der Waals surface area contributed by atoms with Gasteiger partial charge in [-0.15, -0.1) is 0 Å². The van der Waals surface area contributed by atoms with Gasteiger partial charge in [0.05, 0.1) is 29.3 Å². The molecule has 0 unspecified atom stereocenters. The largest absolute Gasteiger partial charge is 0.356 e. The van der Waals surface area contributed by atoms with Crippen molar-refractivity contribution in [2.75, 3.05) is 4.90 Å². The first-order chi connectivity index (χ1) is 17.4. The van der Waals surface area contributed by atoms with Crippen LogP contribution < -0.4 is 15.5 Å². The summed E-state index contributed by atoms with van der Waals surface area (Å²) in [6.07, 6.45) is 17.6. The maximum absolute atomic E-state index is 14.2. The molecule has 5 atom stereocenters. The summed E-state index contributed by atoms with van der Waals surface area (Å²) < 4.78 is 6.62. The molecule has 3 amide bonds. The molecule has 2 bridgehead atoms. The summed E-state index contributed by atoms with van der Waals surface area (Å²) in [6, 6.07) is 2.87. The second-order valence-electron chi connectivity index (χ2n) is 11.4. The fourth-order valence-electron chi connectivity index (χ4n) is 7.37. The van der Waals surface area contributed by atoms with Crippen LogP contribution >= 0.6 is 0 Å². The van der Waals surface area contributed by atoms with Crippen LogP contribution in [0.5, 0.6) is 0 Å². The third-order valence-electron chi connectivity index (χ3n) is 9.06. The number of rotatable bonds is 5. The Labute approximate surface area is 212 Å². The number of anilines is 1. The van der Waals surface area contributed by atoms with Gasteiger partial charge in [0.15, 0.2) is 0 Å². The smallest absolute Gasteiger partial charge is 0.246 e. The summed E-state index contributed by atoms with van der Waals surface area (Å²) in [4.78, 5) is 47.5. The number of hydrogen-bond acceptors (Lipinski definition) is 5. The molecule has 2 saturated carbocycles. The van der Waals surface area contributed by atoms with Crippen LogP contribution in [0.4, 0.5) is 5.69 Å². The van der Waals surface area contributed by atoms with E-state index in [9.17, 15) is 14.4 Å². The van der Waals surface area contributed by atoms with Crippen molar-refractivity contribution in [1.29, 1.82) is 0 Å². The average Bonchev–Trinajstić information content (AvgIpc) is 3.46. The van der Waals surface area contributed by atoms with Gasteiger partial charge in [0, 0.05) is 18.3 Å². The minimum Gasteiger partial charge on any atom is -0.356 e. The molecule has 2 N–H and O–H groups in total. The predicted octanol–water partition coefficient (Wildman–Crippen LogP) is 3.02. The quantitative estimate of drug-likeness (QED) is 0.616. The molecule has 192 valence electrons. The third kappa shape index (κ3) is 3.67. The Balaban J connectivity index is 1.35. The lowest BCUT2D eigenvalue weighted by molar-refractivity contribution is -0.135.